The molecule has 0 aromatic rings. The minimum atomic E-state index is -2.36. The molecule has 8 nitrogen and oxygen atoms in total. The van der Waals surface area contributed by atoms with E-state index in [0.717, 1.165) is 13.0 Å². The zero-order valence-electron chi connectivity index (χ0n) is 17.6. The average Bonchev–Trinajstić information content (AvgIpc) is 2.65. The summed E-state index contributed by atoms with van der Waals surface area (Å²) >= 11 is 0. The van der Waals surface area contributed by atoms with Crippen molar-refractivity contribution in [2.45, 2.75) is 91.5 Å². The van der Waals surface area contributed by atoms with Crippen molar-refractivity contribution < 1.29 is 28.7 Å². The Balaban J connectivity index is 0. The lowest BCUT2D eigenvalue weighted by molar-refractivity contribution is -0.143. The van der Waals surface area contributed by atoms with Gasteiger partial charge in [0.25, 0.3) is 12.2 Å². The van der Waals surface area contributed by atoms with Crippen molar-refractivity contribution in [3.8, 4) is 0 Å². The number of unbranched alkanes of at least 4 members (excludes halogenated alkanes) is 1. The van der Waals surface area contributed by atoms with Gasteiger partial charge in [0.2, 0.25) is 5.91 Å². The van der Waals surface area contributed by atoms with Crippen LogP contribution in [-0.2, 0) is 19.2 Å². The average molecular weight is 406 g/mol. The fourth-order valence-electron chi connectivity index (χ4n) is 2.08. The smallest absolute Gasteiger partial charge is 0.326 e. The van der Waals surface area contributed by atoms with Crippen LogP contribution in [0.1, 0.15) is 73.1 Å². The Hall–Kier alpha value is -2.03. The quantitative estimate of drug-likeness (QED) is 0.258. The minimum absolute atomic E-state index is 0.0289. The Kier molecular flexibility index (Phi) is 17.2. The number of ketones is 1. The molecule has 2 atom stereocenters. The number of alkyl halides is 1. The first-order valence-corrected chi connectivity index (χ1v) is 9.89. The third kappa shape index (κ3) is 15.1. The number of rotatable bonds is 14. The highest BCUT2D eigenvalue weighted by Crippen LogP contribution is 2.03. The summed E-state index contributed by atoms with van der Waals surface area (Å²) < 4.78 is 13.8. The number of Topliss-reactive ketones (excluding diaryl/α,β-unsaturated/α-hetero) is 1. The SMILES string of the molecule is CC.CCC(=O)CCC(=O)NC(F)C(=O)NC(CCCCNC(C)C)C(=O)O. The summed E-state index contributed by atoms with van der Waals surface area (Å²) in [7, 11) is 0. The molecule has 0 saturated carbocycles. The number of carboxylic acids is 1. The number of nitrogens with one attached hydrogen (secondary N) is 3. The summed E-state index contributed by atoms with van der Waals surface area (Å²) in [6, 6.07) is -0.896. The summed E-state index contributed by atoms with van der Waals surface area (Å²) in [6.07, 6.45) is -0.904. The van der Waals surface area contributed by atoms with Gasteiger partial charge in [0.15, 0.2) is 0 Å². The third-order valence-corrected chi connectivity index (χ3v) is 3.63. The van der Waals surface area contributed by atoms with Crippen molar-refractivity contribution in [1.82, 2.24) is 16.0 Å². The van der Waals surface area contributed by atoms with Gasteiger partial charge < -0.3 is 21.1 Å². The fourth-order valence-corrected chi connectivity index (χ4v) is 2.08. The number of hydrogen-bond donors (Lipinski definition) is 4. The van der Waals surface area contributed by atoms with Crippen LogP contribution in [0.2, 0.25) is 0 Å². The molecular weight excluding hydrogens is 369 g/mol. The van der Waals surface area contributed by atoms with E-state index in [2.05, 4.69) is 10.6 Å². The Bertz CT molecular complexity index is 486. The van der Waals surface area contributed by atoms with E-state index in [1.807, 2.05) is 33.0 Å². The first kappa shape index (κ1) is 28.2. The number of amides is 2. The highest BCUT2D eigenvalue weighted by atomic mass is 19.1. The molecule has 0 bridgehead atoms. The number of carbonyl (C=O) groups is 4. The first-order valence-electron chi connectivity index (χ1n) is 9.89. The molecule has 164 valence electrons. The maximum absolute atomic E-state index is 13.8. The highest BCUT2D eigenvalue weighted by molar-refractivity contribution is 5.90. The molecule has 2 amide bonds. The molecule has 0 aromatic carbocycles. The van der Waals surface area contributed by atoms with Gasteiger partial charge in [-0.05, 0) is 25.8 Å². The van der Waals surface area contributed by atoms with Gasteiger partial charge >= 0.3 is 5.97 Å². The molecule has 2 unspecified atom stereocenters. The number of carbonyl (C=O) groups excluding carboxylic acids is 3. The monoisotopic (exact) mass is 405 g/mol. The van der Waals surface area contributed by atoms with E-state index in [1.54, 1.807) is 6.92 Å². The van der Waals surface area contributed by atoms with Crippen LogP contribution in [0.5, 0.6) is 0 Å². The molecule has 0 aliphatic rings. The third-order valence-electron chi connectivity index (χ3n) is 3.63. The van der Waals surface area contributed by atoms with Gasteiger partial charge in [0.1, 0.15) is 11.8 Å². The minimum Gasteiger partial charge on any atom is -0.480 e. The van der Waals surface area contributed by atoms with Gasteiger partial charge in [-0.1, -0.05) is 34.6 Å². The predicted molar refractivity (Wildman–Crippen MR) is 105 cm³/mol. The van der Waals surface area contributed by atoms with Gasteiger partial charge in [-0.25, -0.2) is 9.18 Å². The lowest BCUT2D eigenvalue weighted by Crippen LogP contribution is -2.49. The molecule has 0 fully saturated rings. The summed E-state index contributed by atoms with van der Waals surface area (Å²) in [6.45, 7) is 10.4. The largest absolute Gasteiger partial charge is 0.480 e. The maximum Gasteiger partial charge on any atom is 0.326 e. The second-order valence-electron chi connectivity index (χ2n) is 6.33. The molecule has 0 heterocycles. The molecule has 0 saturated heterocycles. The number of carboxylic acid groups (broad SMARTS) is 1. The predicted octanol–water partition coefficient (Wildman–Crippen LogP) is 1.92. The molecule has 4 N–H and O–H groups in total. The Morgan fingerprint density at radius 2 is 1.61 bits per heavy atom. The van der Waals surface area contributed by atoms with Crippen LogP contribution in [0.4, 0.5) is 4.39 Å². The summed E-state index contributed by atoms with van der Waals surface area (Å²) in [4.78, 5) is 45.5. The normalized spacial score (nSPS) is 12.4. The van der Waals surface area contributed by atoms with E-state index in [-0.39, 0.29) is 31.5 Å². The second-order valence-corrected chi connectivity index (χ2v) is 6.33. The van der Waals surface area contributed by atoms with Gasteiger partial charge in [0, 0.05) is 25.3 Å². The first-order chi connectivity index (χ1) is 13.2. The molecule has 0 aliphatic heterocycles. The summed E-state index contributed by atoms with van der Waals surface area (Å²) in [5, 5.41) is 16.2. The molecular formula is C19H36FN3O5. The molecule has 0 radical (unpaired) electrons. The molecule has 9 heteroatoms. The van der Waals surface area contributed by atoms with Crippen LogP contribution in [-0.4, -0.2) is 53.6 Å². The lowest BCUT2D eigenvalue weighted by atomic mass is 10.1. The van der Waals surface area contributed by atoms with E-state index >= 15 is 0 Å². The zero-order chi connectivity index (χ0) is 22.1. The van der Waals surface area contributed by atoms with Crippen molar-refractivity contribution in [2.75, 3.05) is 6.54 Å². The summed E-state index contributed by atoms with van der Waals surface area (Å²) in [5.74, 6) is -3.39. The van der Waals surface area contributed by atoms with E-state index in [1.165, 1.54) is 0 Å². The molecule has 0 aliphatic carbocycles. The topological polar surface area (TPSA) is 125 Å². The van der Waals surface area contributed by atoms with Crippen molar-refractivity contribution in [3.05, 3.63) is 0 Å². The zero-order valence-corrected chi connectivity index (χ0v) is 17.6. The molecule has 0 spiro atoms. The molecule has 28 heavy (non-hydrogen) atoms. The Labute approximate surface area is 167 Å². The highest BCUT2D eigenvalue weighted by Gasteiger charge is 2.26. The van der Waals surface area contributed by atoms with Gasteiger partial charge in [-0.2, -0.15) is 0 Å². The van der Waals surface area contributed by atoms with Crippen molar-refractivity contribution in [1.29, 1.82) is 0 Å². The van der Waals surface area contributed by atoms with Crippen LogP contribution < -0.4 is 16.0 Å². The van der Waals surface area contributed by atoms with Crippen LogP contribution in [0.15, 0.2) is 0 Å². The lowest BCUT2D eigenvalue weighted by Gasteiger charge is -2.17. The van der Waals surface area contributed by atoms with Crippen molar-refractivity contribution in [2.24, 2.45) is 0 Å². The van der Waals surface area contributed by atoms with Crippen LogP contribution >= 0.6 is 0 Å². The fraction of sp³-hybridized carbons (Fsp3) is 0.789. The van der Waals surface area contributed by atoms with Crippen LogP contribution in [0.25, 0.3) is 0 Å². The standard InChI is InChI=1S/C17H30FN3O5.C2H6/c1-4-12(22)8-9-14(23)21-15(18)16(24)20-13(17(25)26)7-5-6-10-19-11(2)3;1-2/h11,13,15,19H,4-10H2,1-3H3,(H,20,24)(H,21,23)(H,25,26);1-2H3. The Morgan fingerprint density at radius 3 is 2.11 bits per heavy atom. The molecule has 0 aromatic heterocycles. The van der Waals surface area contributed by atoms with E-state index in [4.69, 9.17) is 5.11 Å². The van der Waals surface area contributed by atoms with Crippen LogP contribution in [0.3, 0.4) is 0 Å². The van der Waals surface area contributed by atoms with E-state index in [9.17, 15) is 23.6 Å². The van der Waals surface area contributed by atoms with Crippen molar-refractivity contribution in [3.63, 3.8) is 0 Å². The van der Waals surface area contributed by atoms with Crippen molar-refractivity contribution >= 4 is 23.6 Å². The molecule has 0 rings (SSSR count). The number of aliphatic carboxylic acids is 1. The Morgan fingerprint density at radius 1 is 1.00 bits per heavy atom. The summed E-state index contributed by atoms with van der Waals surface area (Å²) in [5.41, 5.74) is 0. The van der Waals surface area contributed by atoms with Gasteiger partial charge in [-0.15, -0.1) is 0 Å². The van der Waals surface area contributed by atoms with E-state index < -0.39 is 30.1 Å². The van der Waals surface area contributed by atoms with E-state index in [0.29, 0.717) is 12.5 Å². The second kappa shape index (κ2) is 17.1. The van der Waals surface area contributed by atoms with Crippen LogP contribution in [0, 0.1) is 0 Å². The number of hydrogen-bond acceptors (Lipinski definition) is 5. The van der Waals surface area contributed by atoms with Gasteiger partial charge in [0.05, 0.1) is 0 Å². The number of halogens is 1. The van der Waals surface area contributed by atoms with Gasteiger partial charge in [-0.3, -0.25) is 14.4 Å². The maximum atomic E-state index is 13.8.